The van der Waals surface area contributed by atoms with Gasteiger partial charge < -0.3 is 15.0 Å². The van der Waals surface area contributed by atoms with E-state index in [0.29, 0.717) is 11.7 Å². The Morgan fingerprint density at radius 1 is 1.42 bits per heavy atom. The molecule has 1 aliphatic heterocycles. The number of nitrogens with zero attached hydrogens (tertiary/aromatic N) is 2. The van der Waals surface area contributed by atoms with Crippen molar-refractivity contribution in [2.24, 2.45) is 5.73 Å². The normalized spacial score (nSPS) is 16.1. The van der Waals surface area contributed by atoms with E-state index in [1.165, 1.54) is 5.56 Å². The highest BCUT2D eigenvalue weighted by atomic mass is 32.2. The lowest BCUT2D eigenvalue weighted by Crippen LogP contribution is -2.24. The number of thiophene rings is 1. The molecule has 6 nitrogen and oxygen atoms in total. The first-order chi connectivity index (χ1) is 11.7. The van der Waals surface area contributed by atoms with Crippen LogP contribution < -0.4 is 10.5 Å². The number of amidine groups is 1. The summed E-state index contributed by atoms with van der Waals surface area (Å²) >= 11 is 3.16. The molecule has 0 saturated carbocycles. The maximum atomic E-state index is 7.58. The van der Waals surface area contributed by atoms with Crippen molar-refractivity contribution in [2.75, 3.05) is 0 Å². The van der Waals surface area contributed by atoms with Crippen molar-refractivity contribution in [3.8, 4) is 16.5 Å². The van der Waals surface area contributed by atoms with Crippen LogP contribution in [-0.2, 0) is 13.0 Å². The second-order valence-electron chi connectivity index (χ2n) is 5.32. The van der Waals surface area contributed by atoms with Crippen molar-refractivity contribution in [2.45, 2.75) is 23.2 Å². The molecule has 8 heteroatoms. The van der Waals surface area contributed by atoms with Gasteiger partial charge in [0, 0.05) is 4.90 Å². The van der Waals surface area contributed by atoms with Crippen LogP contribution in [0.15, 0.2) is 45.1 Å². The topological polar surface area (TPSA) is 98.0 Å². The highest BCUT2D eigenvalue weighted by Gasteiger charge is 2.24. The molecule has 0 fully saturated rings. The van der Waals surface area contributed by atoms with Crippen molar-refractivity contribution in [3.63, 3.8) is 0 Å². The van der Waals surface area contributed by atoms with E-state index in [4.69, 9.17) is 20.4 Å². The third-order valence-electron chi connectivity index (χ3n) is 3.63. The predicted molar refractivity (Wildman–Crippen MR) is 93.6 cm³/mol. The van der Waals surface area contributed by atoms with Gasteiger partial charge in [0.2, 0.25) is 5.82 Å². The summed E-state index contributed by atoms with van der Waals surface area (Å²) in [5, 5.41) is 13.5. The van der Waals surface area contributed by atoms with Crippen LogP contribution >= 0.6 is 23.1 Å². The van der Waals surface area contributed by atoms with Gasteiger partial charge in [0.1, 0.15) is 11.6 Å². The lowest BCUT2D eigenvalue weighted by Gasteiger charge is -2.05. The Morgan fingerprint density at radius 3 is 3.12 bits per heavy atom. The van der Waals surface area contributed by atoms with Gasteiger partial charge in [-0.25, -0.2) is 0 Å². The summed E-state index contributed by atoms with van der Waals surface area (Å²) in [5.41, 5.74) is 6.80. The molecule has 0 aliphatic carbocycles. The fourth-order valence-electron chi connectivity index (χ4n) is 2.43. The van der Waals surface area contributed by atoms with Gasteiger partial charge in [0.15, 0.2) is 6.61 Å². The fourth-order valence-corrected chi connectivity index (χ4v) is 4.26. The smallest absolute Gasteiger partial charge is 0.268 e. The minimum atomic E-state index is 0.0285. The predicted octanol–water partition coefficient (Wildman–Crippen LogP) is 3.33. The largest absolute Gasteiger partial charge is 0.485 e. The average molecular weight is 358 g/mol. The van der Waals surface area contributed by atoms with E-state index in [1.807, 2.05) is 35.7 Å². The average Bonchev–Trinajstić information content (AvgIpc) is 3.30. The molecule has 24 heavy (non-hydrogen) atoms. The summed E-state index contributed by atoms with van der Waals surface area (Å²) in [4.78, 5) is 6.39. The van der Waals surface area contributed by atoms with E-state index >= 15 is 0 Å². The summed E-state index contributed by atoms with van der Waals surface area (Å²) < 4.78 is 11.0. The Bertz CT molecular complexity index is 876. The summed E-state index contributed by atoms with van der Waals surface area (Å²) in [5.74, 6) is 1.98. The molecule has 1 atom stereocenters. The van der Waals surface area contributed by atoms with Crippen LogP contribution in [0.4, 0.5) is 0 Å². The van der Waals surface area contributed by atoms with Gasteiger partial charge in [-0.3, -0.25) is 5.41 Å². The maximum absolute atomic E-state index is 7.58. The number of nitrogens with two attached hydrogens (primary N) is 1. The molecule has 0 radical (unpaired) electrons. The third kappa shape index (κ3) is 3.02. The molecule has 3 N–H and O–H groups in total. The number of thioether (sulfide) groups is 1. The minimum Gasteiger partial charge on any atom is -0.485 e. The van der Waals surface area contributed by atoms with E-state index < -0.39 is 0 Å². The second-order valence-corrected chi connectivity index (χ2v) is 7.51. The standard InChI is InChI=1S/C16H14N4O2S2/c17-15(18)13-6-9-3-4-10(7-12(9)24-13)21-8-14-19-16(22-20-14)11-2-1-5-23-11/h1-5,7,13H,6,8H2,(H3,17,18). The van der Waals surface area contributed by atoms with Crippen LogP contribution in [0.3, 0.4) is 0 Å². The first kappa shape index (κ1) is 15.2. The number of benzene rings is 1. The quantitative estimate of drug-likeness (QED) is 0.536. The highest BCUT2D eigenvalue weighted by Crippen LogP contribution is 2.39. The molecule has 0 saturated heterocycles. The van der Waals surface area contributed by atoms with Crippen LogP contribution in [0, 0.1) is 5.41 Å². The zero-order chi connectivity index (χ0) is 16.5. The molecule has 1 aromatic carbocycles. The lowest BCUT2D eigenvalue weighted by molar-refractivity contribution is 0.286. The molecule has 0 amide bonds. The van der Waals surface area contributed by atoms with Crippen LogP contribution in [0.1, 0.15) is 11.4 Å². The molecule has 3 heterocycles. The van der Waals surface area contributed by atoms with Crippen LogP contribution in [0.2, 0.25) is 0 Å². The van der Waals surface area contributed by atoms with Gasteiger partial charge in [-0.2, -0.15) is 4.98 Å². The molecule has 2 aromatic heterocycles. The Labute approximate surface area is 146 Å². The van der Waals surface area contributed by atoms with Crippen LogP contribution in [-0.4, -0.2) is 21.2 Å². The number of hydrogen-bond donors (Lipinski definition) is 2. The van der Waals surface area contributed by atoms with Crippen molar-refractivity contribution in [3.05, 3.63) is 47.1 Å². The van der Waals surface area contributed by atoms with E-state index in [-0.39, 0.29) is 17.7 Å². The van der Waals surface area contributed by atoms with Crippen LogP contribution in [0.25, 0.3) is 10.8 Å². The van der Waals surface area contributed by atoms with E-state index in [2.05, 4.69) is 10.1 Å². The van der Waals surface area contributed by atoms with Gasteiger partial charge in [-0.15, -0.1) is 23.1 Å². The summed E-state index contributed by atoms with van der Waals surface area (Å²) in [6, 6.07) is 9.79. The van der Waals surface area contributed by atoms with Crippen molar-refractivity contribution >= 4 is 28.9 Å². The van der Waals surface area contributed by atoms with Gasteiger partial charge in [-0.1, -0.05) is 17.3 Å². The molecule has 122 valence electrons. The number of nitrogens with one attached hydrogen (secondary N) is 1. The lowest BCUT2D eigenvalue weighted by atomic mass is 10.1. The Morgan fingerprint density at radius 2 is 2.33 bits per heavy atom. The van der Waals surface area contributed by atoms with E-state index in [0.717, 1.165) is 21.9 Å². The molecule has 0 spiro atoms. The number of fused-ring (bicyclic) bond motifs is 1. The first-order valence-electron chi connectivity index (χ1n) is 7.32. The highest BCUT2D eigenvalue weighted by molar-refractivity contribution is 8.01. The summed E-state index contributed by atoms with van der Waals surface area (Å²) in [6.07, 6.45) is 0.796. The van der Waals surface area contributed by atoms with Gasteiger partial charge >= 0.3 is 0 Å². The molecule has 1 unspecified atom stereocenters. The zero-order valence-corrected chi connectivity index (χ0v) is 14.2. The molecular formula is C16H14N4O2S2. The number of ether oxygens (including phenoxy) is 1. The monoisotopic (exact) mass is 358 g/mol. The number of rotatable bonds is 5. The van der Waals surface area contributed by atoms with E-state index in [1.54, 1.807) is 23.1 Å². The molecule has 4 rings (SSSR count). The fraction of sp³-hybridized carbons (Fsp3) is 0.188. The van der Waals surface area contributed by atoms with Gasteiger partial charge in [-0.05, 0) is 35.6 Å². The molecule has 0 bridgehead atoms. The van der Waals surface area contributed by atoms with Gasteiger partial charge in [0.05, 0.1) is 10.1 Å². The zero-order valence-electron chi connectivity index (χ0n) is 12.6. The van der Waals surface area contributed by atoms with Gasteiger partial charge in [0.25, 0.3) is 5.89 Å². The van der Waals surface area contributed by atoms with Crippen molar-refractivity contribution in [1.82, 2.24) is 10.1 Å². The second kappa shape index (κ2) is 6.29. The maximum Gasteiger partial charge on any atom is 0.268 e. The Balaban J connectivity index is 1.42. The molecular weight excluding hydrogens is 344 g/mol. The summed E-state index contributed by atoms with van der Waals surface area (Å²) in [6.45, 7) is 0.245. The third-order valence-corrected chi connectivity index (χ3v) is 5.82. The molecule has 1 aliphatic rings. The Kier molecular flexibility index (Phi) is 3.99. The first-order valence-corrected chi connectivity index (χ1v) is 9.08. The minimum absolute atomic E-state index is 0.0285. The van der Waals surface area contributed by atoms with Crippen molar-refractivity contribution in [1.29, 1.82) is 5.41 Å². The number of hydrogen-bond acceptors (Lipinski definition) is 7. The Hall–Kier alpha value is -2.32. The van der Waals surface area contributed by atoms with E-state index in [9.17, 15) is 0 Å². The van der Waals surface area contributed by atoms with Crippen molar-refractivity contribution < 1.29 is 9.26 Å². The van der Waals surface area contributed by atoms with Crippen LogP contribution in [0.5, 0.6) is 5.75 Å². The molecule has 3 aromatic rings. The summed E-state index contributed by atoms with van der Waals surface area (Å²) in [7, 11) is 0. The number of aromatic nitrogens is 2. The SMILES string of the molecule is N=C(N)C1Cc2ccc(OCc3noc(-c4cccs4)n3)cc2S1.